The minimum atomic E-state index is 0. The molecule has 0 atom stereocenters. The third kappa shape index (κ3) is 5.72. The second kappa shape index (κ2) is 9.52. The molecule has 0 spiro atoms. The summed E-state index contributed by atoms with van der Waals surface area (Å²) in [6, 6.07) is 14.1. The van der Waals surface area contributed by atoms with E-state index in [9.17, 15) is 0 Å². The van der Waals surface area contributed by atoms with Gasteiger partial charge in [0.1, 0.15) is 12.4 Å². The van der Waals surface area contributed by atoms with Crippen molar-refractivity contribution in [1.29, 1.82) is 0 Å². The number of hydrogen-bond donors (Lipinski definition) is 1. The van der Waals surface area contributed by atoms with Crippen molar-refractivity contribution < 1.29 is 4.74 Å². The Kier molecular flexibility index (Phi) is 8.03. The largest absolute Gasteiger partial charge is 0.489 e. The fourth-order valence-electron chi connectivity index (χ4n) is 1.98. The summed E-state index contributed by atoms with van der Waals surface area (Å²) in [5, 5.41) is 3.98. The molecule has 0 unspecified atom stereocenters. The monoisotopic (exact) mass is 337 g/mol. The number of nitrogens with one attached hydrogen (secondary N) is 1. The Balaban J connectivity index is 0.00000242. The van der Waals surface area contributed by atoms with Gasteiger partial charge in [0.05, 0.1) is 0 Å². The van der Waals surface area contributed by atoms with Crippen molar-refractivity contribution in [1.82, 2.24) is 5.32 Å². The molecule has 2 aromatic carbocycles. The molecule has 22 heavy (non-hydrogen) atoms. The third-order valence-corrected chi connectivity index (χ3v) is 3.38. The van der Waals surface area contributed by atoms with Crippen molar-refractivity contribution in [2.45, 2.75) is 20.1 Å². The number of hydrogen-bond acceptors (Lipinski definition) is 2. The molecule has 0 aliphatic carbocycles. The molecule has 0 aliphatic rings. The van der Waals surface area contributed by atoms with Crippen LogP contribution in [0.15, 0.2) is 55.1 Å². The number of benzene rings is 2. The highest BCUT2D eigenvalue weighted by molar-refractivity contribution is 6.30. The summed E-state index contributed by atoms with van der Waals surface area (Å²) < 4.78 is 5.92. The molecule has 0 aromatic heterocycles. The van der Waals surface area contributed by atoms with Crippen molar-refractivity contribution in [3.05, 3.63) is 76.8 Å². The average Bonchev–Trinajstić information content (AvgIpc) is 2.48. The number of ether oxygens (including phenoxy) is 1. The maximum Gasteiger partial charge on any atom is 0.124 e. The zero-order valence-corrected chi connectivity index (χ0v) is 14.2. The van der Waals surface area contributed by atoms with Gasteiger partial charge in [-0.1, -0.05) is 47.5 Å². The van der Waals surface area contributed by atoms with Crippen LogP contribution >= 0.6 is 24.0 Å². The van der Waals surface area contributed by atoms with E-state index < -0.39 is 0 Å². The first kappa shape index (κ1) is 18.6. The summed E-state index contributed by atoms with van der Waals surface area (Å²) in [5.74, 6) is 0.858. The highest BCUT2D eigenvalue weighted by Gasteiger charge is 2.05. The van der Waals surface area contributed by atoms with Gasteiger partial charge in [-0.15, -0.1) is 19.0 Å². The first-order valence-corrected chi connectivity index (χ1v) is 7.35. The van der Waals surface area contributed by atoms with Gasteiger partial charge in [-0.3, -0.25) is 0 Å². The Labute approximate surface area is 143 Å². The number of rotatable bonds is 7. The Bertz CT molecular complexity index is 597. The van der Waals surface area contributed by atoms with E-state index in [1.807, 2.05) is 24.3 Å². The second-order valence-electron chi connectivity index (χ2n) is 4.95. The van der Waals surface area contributed by atoms with Crippen LogP contribution in [0, 0.1) is 6.92 Å². The molecule has 0 aliphatic heterocycles. The van der Waals surface area contributed by atoms with Crippen LogP contribution in [0.5, 0.6) is 5.75 Å². The topological polar surface area (TPSA) is 21.3 Å². The van der Waals surface area contributed by atoms with E-state index in [1.165, 1.54) is 5.56 Å². The van der Waals surface area contributed by atoms with E-state index in [0.29, 0.717) is 18.2 Å². The van der Waals surface area contributed by atoms with E-state index in [4.69, 9.17) is 16.3 Å². The van der Waals surface area contributed by atoms with E-state index in [-0.39, 0.29) is 12.4 Å². The van der Waals surface area contributed by atoms with Crippen molar-refractivity contribution >= 4 is 24.0 Å². The Hall–Kier alpha value is -1.48. The van der Waals surface area contributed by atoms with Gasteiger partial charge in [0, 0.05) is 23.7 Å². The molecule has 0 bridgehead atoms. The lowest BCUT2D eigenvalue weighted by Crippen LogP contribution is -2.13. The van der Waals surface area contributed by atoms with Crippen LogP contribution < -0.4 is 10.1 Å². The molecule has 0 saturated carbocycles. The van der Waals surface area contributed by atoms with Crippen molar-refractivity contribution in [2.75, 3.05) is 6.54 Å². The number of aryl methyl sites for hydroxylation is 1. The van der Waals surface area contributed by atoms with Gasteiger partial charge >= 0.3 is 0 Å². The SMILES string of the molecule is C=CCNCc1cc(Cl)ccc1OCc1ccc(C)cc1.Cl. The molecule has 2 nitrogen and oxygen atoms in total. The summed E-state index contributed by atoms with van der Waals surface area (Å²) >= 11 is 6.06. The molecule has 0 heterocycles. The van der Waals surface area contributed by atoms with Gasteiger partial charge < -0.3 is 10.1 Å². The highest BCUT2D eigenvalue weighted by Crippen LogP contribution is 2.24. The number of halogens is 2. The maximum atomic E-state index is 6.06. The third-order valence-electron chi connectivity index (χ3n) is 3.14. The van der Waals surface area contributed by atoms with Gasteiger partial charge in [-0.25, -0.2) is 0 Å². The lowest BCUT2D eigenvalue weighted by Gasteiger charge is -2.12. The van der Waals surface area contributed by atoms with Gasteiger partial charge in [-0.2, -0.15) is 0 Å². The van der Waals surface area contributed by atoms with Crippen LogP contribution in [0.4, 0.5) is 0 Å². The molecule has 0 amide bonds. The molecule has 118 valence electrons. The summed E-state index contributed by atoms with van der Waals surface area (Å²) in [5.41, 5.74) is 3.46. The normalized spacial score (nSPS) is 9.91. The summed E-state index contributed by atoms with van der Waals surface area (Å²) in [6.07, 6.45) is 1.83. The standard InChI is InChI=1S/C18H20ClNO.ClH/c1-3-10-20-12-16-11-17(19)8-9-18(16)21-13-15-6-4-14(2)5-7-15;/h3-9,11,20H,1,10,12-13H2,2H3;1H. The molecule has 2 rings (SSSR count). The van der Waals surface area contributed by atoms with E-state index in [0.717, 1.165) is 23.4 Å². The zero-order chi connectivity index (χ0) is 15.1. The molecular formula is C18H21Cl2NO. The predicted octanol–water partition coefficient (Wildman–Crippen LogP) is 4.92. The summed E-state index contributed by atoms with van der Waals surface area (Å²) in [6.45, 7) is 7.78. The Morgan fingerprint density at radius 1 is 1.18 bits per heavy atom. The first-order valence-electron chi connectivity index (χ1n) is 6.97. The van der Waals surface area contributed by atoms with Crippen LogP contribution in [0.25, 0.3) is 0 Å². The van der Waals surface area contributed by atoms with E-state index in [1.54, 1.807) is 0 Å². The van der Waals surface area contributed by atoms with E-state index in [2.05, 4.69) is 43.1 Å². The molecule has 0 fully saturated rings. The van der Waals surface area contributed by atoms with Crippen LogP contribution in [-0.4, -0.2) is 6.54 Å². The van der Waals surface area contributed by atoms with E-state index >= 15 is 0 Å². The lowest BCUT2D eigenvalue weighted by molar-refractivity contribution is 0.302. The first-order chi connectivity index (χ1) is 10.2. The van der Waals surface area contributed by atoms with Crippen LogP contribution in [-0.2, 0) is 13.2 Å². The highest BCUT2D eigenvalue weighted by atomic mass is 35.5. The summed E-state index contributed by atoms with van der Waals surface area (Å²) in [7, 11) is 0. The van der Waals surface area contributed by atoms with Crippen molar-refractivity contribution in [2.24, 2.45) is 0 Å². The maximum absolute atomic E-state index is 6.06. The zero-order valence-electron chi connectivity index (χ0n) is 12.6. The molecule has 2 aromatic rings. The average molecular weight is 338 g/mol. The molecule has 4 heteroatoms. The summed E-state index contributed by atoms with van der Waals surface area (Å²) in [4.78, 5) is 0. The van der Waals surface area contributed by atoms with Gasteiger partial charge in [0.25, 0.3) is 0 Å². The molecule has 1 N–H and O–H groups in total. The van der Waals surface area contributed by atoms with Crippen LogP contribution in [0.3, 0.4) is 0 Å². The molecular weight excluding hydrogens is 317 g/mol. The van der Waals surface area contributed by atoms with Gasteiger partial charge in [0.15, 0.2) is 0 Å². The second-order valence-corrected chi connectivity index (χ2v) is 5.38. The van der Waals surface area contributed by atoms with Crippen molar-refractivity contribution in [3.63, 3.8) is 0 Å². The van der Waals surface area contributed by atoms with Gasteiger partial charge in [0.2, 0.25) is 0 Å². The fourth-order valence-corrected chi connectivity index (χ4v) is 2.18. The predicted molar refractivity (Wildman–Crippen MR) is 96.1 cm³/mol. The minimum Gasteiger partial charge on any atom is -0.489 e. The van der Waals surface area contributed by atoms with Crippen molar-refractivity contribution in [3.8, 4) is 5.75 Å². The van der Waals surface area contributed by atoms with Crippen LogP contribution in [0.1, 0.15) is 16.7 Å². The Morgan fingerprint density at radius 3 is 2.59 bits per heavy atom. The lowest BCUT2D eigenvalue weighted by atomic mass is 10.1. The van der Waals surface area contributed by atoms with Crippen LogP contribution in [0.2, 0.25) is 5.02 Å². The van der Waals surface area contributed by atoms with Gasteiger partial charge in [-0.05, 0) is 30.7 Å². The quantitative estimate of drug-likeness (QED) is 0.571. The Morgan fingerprint density at radius 2 is 1.91 bits per heavy atom. The minimum absolute atomic E-state index is 0. The molecule has 0 radical (unpaired) electrons. The molecule has 0 saturated heterocycles. The fraction of sp³-hybridized carbons (Fsp3) is 0.222. The smallest absolute Gasteiger partial charge is 0.124 e.